The number of rotatable bonds is 4. The highest BCUT2D eigenvalue weighted by atomic mass is 16.3. The maximum absolute atomic E-state index is 12.3. The summed E-state index contributed by atoms with van der Waals surface area (Å²) in [5, 5.41) is 2.89. The second-order valence-corrected chi connectivity index (χ2v) is 6.07. The topological polar surface area (TPSA) is 55.1 Å². The summed E-state index contributed by atoms with van der Waals surface area (Å²) < 4.78 is 5.85. The fraction of sp³-hybridized carbons (Fsp3) is 0.0909. The molecule has 0 aliphatic rings. The number of fused-ring (bicyclic) bond motifs is 1. The number of amides is 1. The molecular formula is C22H18N2O2. The zero-order valence-electron chi connectivity index (χ0n) is 14.4. The Labute approximate surface area is 151 Å². The smallest absolute Gasteiger partial charge is 0.255 e. The molecule has 0 aliphatic heterocycles. The maximum Gasteiger partial charge on any atom is 0.255 e. The van der Waals surface area contributed by atoms with Gasteiger partial charge in [-0.2, -0.15) is 0 Å². The van der Waals surface area contributed by atoms with Crippen LogP contribution in [0, 0.1) is 0 Å². The summed E-state index contributed by atoms with van der Waals surface area (Å²) in [5.74, 6) is 0.429. The van der Waals surface area contributed by atoms with E-state index in [1.807, 2.05) is 48.5 Å². The van der Waals surface area contributed by atoms with Crippen LogP contribution in [0.25, 0.3) is 22.6 Å². The number of aryl methyl sites for hydroxylation is 1. The number of benzene rings is 3. The van der Waals surface area contributed by atoms with Crippen LogP contribution in [-0.4, -0.2) is 10.9 Å². The first kappa shape index (κ1) is 16.1. The molecule has 0 fully saturated rings. The van der Waals surface area contributed by atoms with E-state index in [4.69, 9.17) is 4.42 Å². The van der Waals surface area contributed by atoms with E-state index in [9.17, 15) is 4.79 Å². The Morgan fingerprint density at radius 1 is 1.00 bits per heavy atom. The quantitative estimate of drug-likeness (QED) is 0.547. The first-order valence-corrected chi connectivity index (χ1v) is 8.59. The molecule has 3 aromatic carbocycles. The van der Waals surface area contributed by atoms with Gasteiger partial charge in [-0.25, -0.2) is 4.98 Å². The van der Waals surface area contributed by atoms with Crippen molar-refractivity contribution in [3.63, 3.8) is 0 Å². The molecule has 0 spiro atoms. The van der Waals surface area contributed by atoms with Gasteiger partial charge >= 0.3 is 0 Å². The number of anilines is 1. The Hall–Kier alpha value is -3.40. The summed E-state index contributed by atoms with van der Waals surface area (Å²) in [6, 6.07) is 22.8. The van der Waals surface area contributed by atoms with Crippen molar-refractivity contribution in [2.45, 2.75) is 13.3 Å². The van der Waals surface area contributed by atoms with Crippen molar-refractivity contribution in [2.24, 2.45) is 0 Å². The molecule has 1 aromatic heterocycles. The van der Waals surface area contributed by atoms with Crippen LogP contribution in [0.2, 0.25) is 0 Å². The Morgan fingerprint density at radius 3 is 2.50 bits per heavy atom. The van der Waals surface area contributed by atoms with Gasteiger partial charge in [0.25, 0.3) is 5.91 Å². The van der Waals surface area contributed by atoms with Crippen molar-refractivity contribution >= 4 is 22.7 Å². The average molecular weight is 342 g/mol. The van der Waals surface area contributed by atoms with E-state index in [1.54, 1.807) is 12.1 Å². The molecule has 1 heterocycles. The van der Waals surface area contributed by atoms with Gasteiger partial charge in [0.15, 0.2) is 5.58 Å². The van der Waals surface area contributed by atoms with Crippen molar-refractivity contribution in [3.8, 4) is 11.5 Å². The van der Waals surface area contributed by atoms with Gasteiger partial charge in [0.1, 0.15) is 5.52 Å². The van der Waals surface area contributed by atoms with Crippen LogP contribution < -0.4 is 5.32 Å². The van der Waals surface area contributed by atoms with E-state index in [1.165, 1.54) is 5.56 Å². The average Bonchev–Trinajstić information content (AvgIpc) is 3.12. The number of nitrogens with zero attached hydrogens (tertiary/aromatic N) is 1. The molecule has 0 radical (unpaired) electrons. The van der Waals surface area contributed by atoms with Crippen molar-refractivity contribution in [1.82, 2.24) is 4.98 Å². The second kappa shape index (κ2) is 6.84. The number of hydrogen-bond donors (Lipinski definition) is 1. The Bertz CT molecular complexity index is 1050. The number of carbonyl (C=O) groups is 1. The second-order valence-electron chi connectivity index (χ2n) is 6.07. The lowest BCUT2D eigenvalue weighted by Gasteiger charge is -2.04. The summed E-state index contributed by atoms with van der Waals surface area (Å²) in [6.45, 7) is 2.12. The van der Waals surface area contributed by atoms with Crippen LogP contribution in [0.1, 0.15) is 22.8 Å². The van der Waals surface area contributed by atoms with Crippen LogP contribution in [0.3, 0.4) is 0 Å². The molecule has 0 atom stereocenters. The standard InChI is InChI=1S/C22H18N2O2/c1-2-15-8-10-17(11-9-15)22-24-19-14-18(12-13-20(19)26-22)23-21(25)16-6-4-3-5-7-16/h3-14H,2H2,1H3,(H,23,25). The van der Waals surface area contributed by atoms with Gasteiger partial charge in [-0.1, -0.05) is 37.3 Å². The zero-order valence-corrected chi connectivity index (χ0v) is 14.4. The molecule has 0 saturated carbocycles. The molecule has 128 valence electrons. The molecule has 0 unspecified atom stereocenters. The third-order valence-corrected chi connectivity index (χ3v) is 4.29. The number of carbonyl (C=O) groups excluding carboxylic acids is 1. The monoisotopic (exact) mass is 342 g/mol. The molecule has 0 saturated heterocycles. The highest BCUT2D eigenvalue weighted by Crippen LogP contribution is 2.26. The molecule has 26 heavy (non-hydrogen) atoms. The SMILES string of the molecule is CCc1ccc(-c2nc3cc(NC(=O)c4ccccc4)ccc3o2)cc1. The maximum atomic E-state index is 12.3. The van der Waals surface area contributed by atoms with Crippen LogP contribution in [0.5, 0.6) is 0 Å². The number of oxazole rings is 1. The minimum Gasteiger partial charge on any atom is -0.436 e. The van der Waals surface area contributed by atoms with Crippen LogP contribution >= 0.6 is 0 Å². The molecule has 1 N–H and O–H groups in total. The summed E-state index contributed by atoms with van der Waals surface area (Å²) in [4.78, 5) is 16.8. The van der Waals surface area contributed by atoms with E-state index in [2.05, 4.69) is 29.4 Å². The van der Waals surface area contributed by atoms with Crippen LogP contribution in [-0.2, 0) is 6.42 Å². The minimum atomic E-state index is -0.149. The number of aromatic nitrogens is 1. The van der Waals surface area contributed by atoms with Gasteiger partial charge in [-0.3, -0.25) is 4.79 Å². The van der Waals surface area contributed by atoms with E-state index < -0.39 is 0 Å². The lowest BCUT2D eigenvalue weighted by atomic mass is 10.1. The normalized spacial score (nSPS) is 10.8. The predicted octanol–water partition coefficient (Wildman–Crippen LogP) is 5.31. The van der Waals surface area contributed by atoms with Gasteiger partial charge < -0.3 is 9.73 Å². The largest absolute Gasteiger partial charge is 0.436 e. The summed E-state index contributed by atoms with van der Waals surface area (Å²) >= 11 is 0. The van der Waals surface area contributed by atoms with Gasteiger partial charge in [-0.05, 0) is 54.4 Å². The summed E-state index contributed by atoms with van der Waals surface area (Å²) in [6.07, 6.45) is 0.998. The Kier molecular flexibility index (Phi) is 4.23. The first-order chi connectivity index (χ1) is 12.7. The zero-order chi connectivity index (χ0) is 17.9. The fourth-order valence-corrected chi connectivity index (χ4v) is 2.80. The van der Waals surface area contributed by atoms with Gasteiger partial charge in [0.05, 0.1) is 0 Å². The molecule has 4 aromatic rings. The van der Waals surface area contributed by atoms with Crippen LogP contribution in [0.15, 0.2) is 77.2 Å². The highest BCUT2D eigenvalue weighted by Gasteiger charge is 2.10. The summed E-state index contributed by atoms with van der Waals surface area (Å²) in [7, 11) is 0. The summed E-state index contributed by atoms with van der Waals surface area (Å²) in [5.41, 5.74) is 4.92. The first-order valence-electron chi connectivity index (χ1n) is 8.59. The Balaban J connectivity index is 1.60. The van der Waals surface area contributed by atoms with Crippen molar-refractivity contribution in [2.75, 3.05) is 5.32 Å². The molecule has 4 heteroatoms. The van der Waals surface area contributed by atoms with E-state index in [-0.39, 0.29) is 5.91 Å². The Morgan fingerprint density at radius 2 is 1.77 bits per heavy atom. The number of hydrogen-bond acceptors (Lipinski definition) is 3. The van der Waals surface area contributed by atoms with E-state index in [0.29, 0.717) is 28.2 Å². The van der Waals surface area contributed by atoms with Gasteiger partial charge in [0.2, 0.25) is 5.89 Å². The highest BCUT2D eigenvalue weighted by molar-refractivity contribution is 6.04. The molecule has 0 aliphatic carbocycles. The lowest BCUT2D eigenvalue weighted by molar-refractivity contribution is 0.102. The van der Waals surface area contributed by atoms with E-state index >= 15 is 0 Å². The molecule has 4 nitrogen and oxygen atoms in total. The van der Waals surface area contributed by atoms with E-state index in [0.717, 1.165) is 12.0 Å². The third kappa shape index (κ3) is 3.22. The molecular weight excluding hydrogens is 324 g/mol. The fourth-order valence-electron chi connectivity index (χ4n) is 2.80. The lowest BCUT2D eigenvalue weighted by Crippen LogP contribution is -2.11. The number of nitrogens with one attached hydrogen (secondary N) is 1. The molecule has 1 amide bonds. The minimum absolute atomic E-state index is 0.149. The van der Waals surface area contributed by atoms with Gasteiger partial charge in [0, 0.05) is 16.8 Å². The predicted molar refractivity (Wildman–Crippen MR) is 103 cm³/mol. The third-order valence-electron chi connectivity index (χ3n) is 4.29. The van der Waals surface area contributed by atoms with Gasteiger partial charge in [-0.15, -0.1) is 0 Å². The van der Waals surface area contributed by atoms with Crippen molar-refractivity contribution in [3.05, 3.63) is 83.9 Å². The molecule has 0 bridgehead atoms. The molecule has 4 rings (SSSR count). The van der Waals surface area contributed by atoms with Crippen molar-refractivity contribution < 1.29 is 9.21 Å². The van der Waals surface area contributed by atoms with Crippen molar-refractivity contribution in [1.29, 1.82) is 0 Å². The van der Waals surface area contributed by atoms with Crippen LogP contribution in [0.4, 0.5) is 5.69 Å².